The van der Waals surface area contributed by atoms with E-state index in [0.717, 1.165) is 4.90 Å². The molecule has 1 aromatic rings. The van der Waals surface area contributed by atoms with E-state index in [0.29, 0.717) is 5.56 Å². The maximum absolute atomic E-state index is 13.5. The van der Waals surface area contributed by atoms with Crippen LogP contribution in [0.25, 0.3) is 0 Å². The molecule has 0 saturated carbocycles. The number of aliphatic carboxylic acids is 2. The zero-order valence-corrected chi connectivity index (χ0v) is 30.8. The largest absolute Gasteiger partial charge is 0.480 e. The Bertz CT molecular complexity index is 1520. The number of amides is 7. The normalized spacial score (nSPS) is 26.8. The molecular weight excluding hydrogens is 694 g/mol. The summed E-state index contributed by atoms with van der Waals surface area (Å²) in [6, 6.07) is 0.721. The van der Waals surface area contributed by atoms with Crippen LogP contribution >= 0.6 is 0 Å². The van der Waals surface area contributed by atoms with Crippen molar-refractivity contribution in [1.29, 1.82) is 0 Å². The second-order valence-corrected chi connectivity index (χ2v) is 13.7. The van der Waals surface area contributed by atoms with E-state index in [-0.39, 0.29) is 31.6 Å². The molecule has 0 bridgehead atoms. The Morgan fingerprint density at radius 2 is 1.32 bits per heavy atom. The van der Waals surface area contributed by atoms with Gasteiger partial charge in [0.2, 0.25) is 41.4 Å². The molecule has 7 amide bonds. The standard InChI is InChI=1S/C35H51N7O11/c1-18(2)14-24-33(49)41-26(35(52)53)16-27(43)38-25(15-22-10-8-7-9-11-22)32(48)37-20(4)19(3)30(46)39-23(34(50)51)12-13-29(45)42(6)17-28(44)36-21(5)31(47)40-24/h7-11,18-21,23-26H,12-17H2,1-6H3,(H,36,44)(H,37,48)(H,38,43)(H,39,46)(H,40,47)(H,41,49)(H,50,51)(H,52,53)/t19-,20-,21+,23+,24-,25-,26+/m0/s1. The summed E-state index contributed by atoms with van der Waals surface area (Å²) in [5, 5.41) is 34.4. The number of benzene rings is 1. The predicted molar refractivity (Wildman–Crippen MR) is 188 cm³/mol. The van der Waals surface area contributed by atoms with Gasteiger partial charge < -0.3 is 47.0 Å². The number of hydrogen-bond acceptors (Lipinski definition) is 9. The summed E-state index contributed by atoms with van der Waals surface area (Å²) in [7, 11) is 1.30. The Morgan fingerprint density at radius 1 is 0.736 bits per heavy atom. The van der Waals surface area contributed by atoms with Crippen LogP contribution < -0.4 is 31.9 Å². The van der Waals surface area contributed by atoms with Crippen molar-refractivity contribution in [3.05, 3.63) is 35.9 Å². The molecule has 1 saturated heterocycles. The fourth-order valence-corrected chi connectivity index (χ4v) is 5.32. The van der Waals surface area contributed by atoms with Gasteiger partial charge in [-0.25, -0.2) is 9.59 Å². The van der Waals surface area contributed by atoms with Gasteiger partial charge in [0, 0.05) is 25.9 Å². The van der Waals surface area contributed by atoms with Crippen molar-refractivity contribution < 1.29 is 53.4 Å². The molecule has 0 aliphatic carbocycles. The third-order valence-corrected chi connectivity index (χ3v) is 8.65. The Labute approximate surface area is 307 Å². The van der Waals surface area contributed by atoms with Gasteiger partial charge in [0.15, 0.2) is 0 Å². The number of rotatable bonds is 6. The lowest BCUT2D eigenvalue weighted by molar-refractivity contribution is -0.144. The van der Waals surface area contributed by atoms with E-state index in [2.05, 4.69) is 31.9 Å². The molecule has 292 valence electrons. The monoisotopic (exact) mass is 745 g/mol. The number of carboxylic acid groups (broad SMARTS) is 2. The highest BCUT2D eigenvalue weighted by atomic mass is 16.4. The fourth-order valence-electron chi connectivity index (χ4n) is 5.32. The van der Waals surface area contributed by atoms with Crippen LogP contribution in [0.4, 0.5) is 0 Å². The molecule has 1 aliphatic rings. The molecule has 1 aromatic carbocycles. The molecule has 0 unspecified atom stereocenters. The summed E-state index contributed by atoms with van der Waals surface area (Å²) in [4.78, 5) is 117. The zero-order valence-electron chi connectivity index (χ0n) is 30.8. The summed E-state index contributed by atoms with van der Waals surface area (Å²) >= 11 is 0. The third kappa shape index (κ3) is 14.5. The van der Waals surface area contributed by atoms with Crippen LogP contribution in [0.1, 0.15) is 65.9 Å². The summed E-state index contributed by atoms with van der Waals surface area (Å²) in [5.74, 6) is -9.55. The van der Waals surface area contributed by atoms with Crippen molar-refractivity contribution >= 4 is 53.3 Å². The molecule has 0 spiro atoms. The molecule has 8 N–H and O–H groups in total. The van der Waals surface area contributed by atoms with Crippen molar-refractivity contribution in [2.75, 3.05) is 13.6 Å². The molecule has 1 fully saturated rings. The van der Waals surface area contributed by atoms with Gasteiger partial charge >= 0.3 is 11.9 Å². The Hall–Kier alpha value is -5.55. The minimum absolute atomic E-state index is 0.0312. The molecule has 1 aliphatic heterocycles. The van der Waals surface area contributed by atoms with E-state index in [1.54, 1.807) is 44.2 Å². The van der Waals surface area contributed by atoms with E-state index >= 15 is 0 Å². The lowest BCUT2D eigenvalue weighted by atomic mass is 9.99. The second kappa shape index (κ2) is 20.5. The van der Waals surface area contributed by atoms with Gasteiger partial charge in [0.05, 0.1) is 18.9 Å². The van der Waals surface area contributed by atoms with E-state index in [1.165, 1.54) is 27.8 Å². The Kier molecular flexibility index (Phi) is 16.9. The Balaban J connectivity index is 2.46. The van der Waals surface area contributed by atoms with Crippen LogP contribution in [0.15, 0.2) is 30.3 Å². The van der Waals surface area contributed by atoms with Gasteiger partial charge in [0.25, 0.3) is 0 Å². The lowest BCUT2D eigenvalue weighted by Gasteiger charge is -2.26. The average Bonchev–Trinajstić information content (AvgIpc) is 3.07. The van der Waals surface area contributed by atoms with Crippen molar-refractivity contribution in [2.45, 2.75) is 103 Å². The number of nitrogens with one attached hydrogen (secondary N) is 6. The highest BCUT2D eigenvalue weighted by Crippen LogP contribution is 2.11. The van der Waals surface area contributed by atoms with Crippen molar-refractivity contribution in [3.8, 4) is 0 Å². The maximum atomic E-state index is 13.5. The first kappa shape index (κ1) is 43.6. The second-order valence-electron chi connectivity index (χ2n) is 13.7. The molecule has 1 heterocycles. The molecule has 18 nitrogen and oxygen atoms in total. The lowest BCUT2D eigenvalue weighted by Crippen LogP contribution is -2.57. The summed E-state index contributed by atoms with van der Waals surface area (Å²) in [5.41, 5.74) is 0.639. The van der Waals surface area contributed by atoms with Crippen LogP contribution in [0.3, 0.4) is 0 Å². The predicted octanol–water partition coefficient (Wildman–Crippen LogP) is -1.33. The topological polar surface area (TPSA) is 270 Å². The molecule has 0 aromatic heterocycles. The Morgan fingerprint density at radius 3 is 1.91 bits per heavy atom. The maximum Gasteiger partial charge on any atom is 0.326 e. The minimum Gasteiger partial charge on any atom is -0.480 e. The minimum atomic E-state index is -1.76. The van der Waals surface area contributed by atoms with Crippen molar-refractivity contribution in [2.24, 2.45) is 11.8 Å². The zero-order chi connectivity index (χ0) is 40.0. The van der Waals surface area contributed by atoms with Crippen LogP contribution in [0.5, 0.6) is 0 Å². The third-order valence-electron chi connectivity index (χ3n) is 8.65. The quantitative estimate of drug-likeness (QED) is 0.169. The highest BCUT2D eigenvalue weighted by molar-refractivity contribution is 5.96. The van der Waals surface area contributed by atoms with Gasteiger partial charge in [-0.2, -0.15) is 0 Å². The molecule has 53 heavy (non-hydrogen) atoms. The van der Waals surface area contributed by atoms with Crippen molar-refractivity contribution in [3.63, 3.8) is 0 Å². The van der Waals surface area contributed by atoms with E-state index < -0.39 is 108 Å². The first-order valence-electron chi connectivity index (χ1n) is 17.3. The van der Waals surface area contributed by atoms with Gasteiger partial charge in [0.1, 0.15) is 30.2 Å². The van der Waals surface area contributed by atoms with Crippen LogP contribution in [0.2, 0.25) is 0 Å². The van der Waals surface area contributed by atoms with Crippen LogP contribution in [0, 0.1) is 11.8 Å². The van der Waals surface area contributed by atoms with E-state index in [1.807, 2.05) is 0 Å². The SMILES string of the molecule is CC(C)C[C@@H]1NC(=O)[C@@H](C)NC(=O)CN(C)C(=O)CC[C@H](C(=O)O)NC(=O)[C@@H](C)[C@H](C)NC(=O)[C@H](Cc2ccccc2)NC(=O)C[C@H](C(=O)O)NC1=O. The number of carbonyl (C=O) groups excluding carboxylic acids is 7. The number of hydrogen-bond donors (Lipinski definition) is 8. The summed E-state index contributed by atoms with van der Waals surface area (Å²) < 4.78 is 0. The van der Waals surface area contributed by atoms with E-state index in [9.17, 15) is 53.4 Å². The van der Waals surface area contributed by atoms with Gasteiger partial charge in [-0.1, -0.05) is 51.1 Å². The number of nitrogens with zero attached hydrogens (tertiary/aromatic N) is 1. The van der Waals surface area contributed by atoms with Gasteiger partial charge in [-0.05, 0) is 38.2 Å². The van der Waals surface area contributed by atoms with Crippen LogP contribution in [-0.2, 0) is 49.6 Å². The number of carbonyl (C=O) groups is 9. The number of carboxylic acids is 2. The molecule has 0 radical (unpaired) electrons. The smallest absolute Gasteiger partial charge is 0.326 e. The van der Waals surface area contributed by atoms with Gasteiger partial charge in [-0.3, -0.25) is 33.6 Å². The summed E-state index contributed by atoms with van der Waals surface area (Å²) in [6.45, 7) is 7.30. The van der Waals surface area contributed by atoms with E-state index in [4.69, 9.17) is 0 Å². The first-order valence-corrected chi connectivity index (χ1v) is 17.3. The molecule has 2 rings (SSSR count). The molecule has 7 atom stereocenters. The summed E-state index contributed by atoms with van der Waals surface area (Å²) in [6.07, 6.45) is -1.43. The molecular formula is C35H51N7O11. The average molecular weight is 746 g/mol. The van der Waals surface area contributed by atoms with Gasteiger partial charge in [-0.15, -0.1) is 0 Å². The highest BCUT2D eigenvalue weighted by Gasteiger charge is 2.33. The first-order chi connectivity index (χ1) is 24.8. The molecule has 18 heteroatoms. The van der Waals surface area contributed by atoms with Crippen LogP contribution in [-0.4, -0.2) is 118 Å². The van der Waals surface area contributed by atoms with Crippen molar-refractivity contribution in [1.82, 2.24) is 36.8 Å². The fraction of sp³-hybridized carbons (Fsp3) is 0.571. The number of likely N-dealkylation sites (N-methyl/N-ethyl adjacent to an activating group) is 1.